The quantitative estimate of drug-likeness (QED) is 0.455. The van der Waals surface area contributed by atoms with E-state index in [1.807, 2.05) is 68.4 Å². The Bertz CT molecular complexity index is 1310. The third-order valence-corrected chi connectivity index (χ3v) is 5.09. The molecule has 6 heteroatoms. The molecule has 0 fully saturated rings. The van der Waals surface area contributed by atoms with Crippen molar-refractivity contribution in [2.24, 2.45) is 0 Å². The molecule has 0 aliphatic rings. The smallest absolute Gasteiger partial charge is 0.267 e. The summed E-state index contributed by atoms with van der Waals surface area (Å²) in [5.41, 5.74) is 3.46. The van der Waals surface area contributed by atoms with Crippen molar-refractivity contribution in [3.63, 3.8) is 0 Å². The van der Waals surface area contributed by atoms with Crippen LogP contribution in [0.25, 0.3) is 22.0 Å². The zero-order chi connectivity index (χ0) is 22.5. The monoisotopic (exact) mass is 427 g/mol. The molecule has 0 unspecified atom stereocenters. The maximum Gasteiger partial charge on any atom is 0.267 e. The molecule has 0 radical (unpaired) electrons. The Morgan fingerprint density at radius 2 is 1.69 bits per heavy atom. The lowest BCUT2D eigenvalue weighted by Gasteiger charge is -2.10. The van der Waals surface area contributed by atoms with E-state index in [0.717, 1.165) is 33.2 Å². The van der Waals surface area contributed by atoms with Crippen molar-refractivity contribution in [3.05, 3.63) is 94.3 Å². The Hall–Kier alpha value is -3.93. The summed E-state index contributed by atoms with van der Waals surface area (Å²) in [6, 6.07) is 23.2. The summed E-state index contributed by atoms with van der Waals surface area (Å²) >= 11 is 0. The fraction of sp³-hybridized carbons (Fsp3) is 0.192. The van der Waals surface area contributed by atoms with Crippen LogP contribution in [0.1, 0.15) is 11.1 Å². The molecule has 1 heterocycles. The molecule has 4 aromatic rings. The Balaban J connectivity index is 1.38. The molecule has 32 heavy (non-hydrogen) atoms. The van der Waals surface area contributed by atoms with Crippen LogP contribution >= 0.6 is 0 Å². The standard InChI is InChI=1S/C26H25N3O3/c1-18-13-19(2)15-23(14-18)32-12-11-27-25(30)17-29-26(31)10-9-24(28-29)22-8-7-20-5-3-4-6-21(20)16-22/h3-10,13-16H,11-12,17H2,1-2H3,(H,27,30). The van der Waals surface area contributed by atoms with Gasteiger partial charge in [-0.1, -0.05) is 42.5 Å². The number of carbonyl (C=O) groups is 1. The van der Waals surface area contributed by atoms with Gasteiger partial charge in [-0.2, -0.15) is 5.10 Å². The predicted molar refractivity (Wildman–Crippen MR) is 126 cm³/mol. The molecule has 1 aromatic heterocycles. The number of rotatable bonds is 7. The van der Waals surface area contributed by atoms with Gasteiger partial charge in [-0.15, -0.1) is 0 Å². The van der Waals surface area contributed by atoms with Crippen LogP contribution in [0.15, 0.2) is 77.6 Å². The summed E-state index contributed by atoms with van der Waals surface area (Å²) in [6.45, 7) is 4.56. The minimum atomic E-state index is -0.323. The molecular formula is C26H25N3O3. The van der Waals surface area contributed by atoms with Crippen LogP contribution in [0.4, 0.5) is 0 Å². The van der Waals surface area contributed by atoms with Gasteiger partial charge in [-0.25, -0.2) is 4.68 Å². The predicted octanol–water partition coefficient (Wildman–Crippen LogP) is 3.88. The molecule has 6 nitrogen and oxygen atoms in total. The number of nitrogens with one attached hydrogen (secondary N) is 1. The van der Waals surface area contributed by atoms with Crippen molar-refractivity contribution < 1.29 is 9.53 Å². The highest BCUT2D eigenvalue weighted by atomic mass is 16.5. The van der Waals surface area contributed by atoms with Crippen LogP contribution in [0.3, 0.4) is 0 Å². The van der Waals surface area contributed by atoms with E-state index in [2.05, 4.69) is 16.5 Å². The topological polar surface area (TPSA) is 73.2 Å². The molecule has 1 amide bonds. The third-order valence-electron chi connectivity index (χ3n) is 5.09. The minimum absolute atomic E-state index is 0.149. The first-order valence-corrected chi connectivity index (χ1v) is 10.5. The second kappa shape index (κ2) is 9.47. The SMILES string of the molecule is Cc1cc(C)cc(OCCNC(=O)Cn2nc(-c3ccc4ccccc4c3)ccc2=O)c1. The number of hydrogen-bond donors (Lipinski definition) is 1. The fourth-order valence-electron chi connectivity index (χ4n) is 3.63. The first-order valence-electron chi connectivity index (χ1n) is 10.5. The minimum Gasteiger partial charge on any atom is -0.492 e. The van der Waals surface area contributed by atoms with E-state index in [9.17, 15) is 9.59 Å². The van der Waals surface area contributed by atoms with Gasteiger partial charge in [-0.05, 0) is 60.0 Å². The highest BCUT2D eigenvalue weighted by molar-refractivity contribution is 5.86. The number of aromatic nitrogens is 2. The van der Waals surface area contributed by atoms with Crippen molar-refractivity contribution in [2.75, 3.05) is 13.2 Å². The highest BCUT2D eigenvalue weighted by Crippen LogP contribution is 2.22. The Kier molecular flexibility index (Phi) is 6.31. The lowest BCUT2D eigenvalue weighted by molar-refractivity contribution is -0.122. The van der Waals surface area contributed by atoms with Gasteiger partial charge in [-0.3, -0.25) is 9.59 Å². The normalized spacial score (nSPS) is 10.8. The first kappa shape index (κ1) is 21.3. The molecule has 162 valence electrons. The lowest BCUT2D eigenvalue weighted by Crippen LogP contribution is -2.35. The van der Waals surface area contributed by atoms with Gasteiger partial charge in [0.05, 0.1) is 12.2 Å². The molecule has 3 aromatic carbocycles. The summed E-state index contributed by atoms with van der Waals surface area (Å²) in [7, 11) is 0. The zero-order valence-corrected chi connectivity index (χ0v) is 18.2. The average Bonchev–Trinajstić information content (AvgIpc) is 2.77. The Morgan fingerprint density at radius 1 is 0.938 bits per heavy atom. The number of nitrogens with zero attached hydrogens (tertiary/aromatic N) is 2. The summed E-state index contributed by atoms with van der Waals surface area (Å²) in [5.74, 6) is 0.483. The van der Waals surface area contributed by atoms with Gasteiger partial charge in [0.2, 0.25) is 5.91 Å². The van der Waals surface area contributed by atoms with E-state index < -0.39 is 0 Å². The molecule has 0 saturated carbocycles. The second-order valence-corrected chi connectivity index (χ2v) is 7.80. The van der Waals surface area contributed by atoms with Crippen molar-refractivity contribution in [1.82, 2.24) is 15.1 Å². The summed E-state index contributed by atoms with van der Waals surface area (Å²) in [5, 5.41) is 9.39. The number of ether oxygens (including phenoxy) is 1. The molecule has 4 rings (SSSR count). The first-order chi connectivity index (χ1) is 15.5. The molecule has 0 spiro atoms. The van der Waals surface area contributed by atoms with Gasteiger partial charge in [0.15, 0.2) is 0 Å². The van der Waals surface area contributed by atoms with E-state index >= 15 is 0 Å². The summed E-state index contributed by atoms with van der Waals surface area (Å²) < 4.78 is 6.89. The van der Waals surface area contributed by atoms with Crippen molar-refractivity contribution in [3.8, 4) is 17.0 Å². The van der Waals surface area contributed by atoms with Crippen LogP contribution in [-0.2, 0) is 11.3 Å². The summed E-state index contributed by atoms with van der Waals surface area (Å²) in [4.78, 5) is 24.6. The van der Waals surface area contributed by atoms with E-state index in [-0.39, 0.29) is 18.0 Å². The lowest BCUT2D eigenvalue weighted by atomic mass is 10.1. The third kappa shape index (κ3) is 5.21. The highest BCUT2D eigenvalue weighted by Gasteiger charge is 2.09. The fourth-order valence-corrected chi connectivity index (χ4v) is 3.63. The van der Waals surface area contributed by atoms with E-state index in [1.54, 1.807) is 6.07 Å². The van der Waals surface area contributed by atoms with Crippen LogP contribution in [0.2, 0.25) is 0 Å². The molecule has 0 aliphatic heterocycles. The Labute approximate surface area is 186 Å². The Morgan fingerprint density at radius 3 is 2.47 bits per heavy atom. The van der Waals surface area contributed by atoms with E-state index in [4.69, 9.17) is 4.74 Å². The zero-order valence-electron chi connectivity index (χ0n) is 18.2. The molecule has 0 atom stereocenters. The van der Waals surface area contributed by atoms with Crippen LogP contribution < -0.4 is 15.6 Å². The number of amides is 1. The van der Waals surface area contributed by atoms with Gasteiger partial charge < -0.3 is 10.1 Å². The molecule has 1 N–H and O–H groups in total. The van der Waals surface area contributed by atoms with Crippen molar-refractivity contribution >= 4 is 16.7 Å². The maximum absolute atomic E-state index is 12.3. The van der Waals surface area contributed by atoms with Crippen LogP contribution in [0, 0.1) is 13.8 Å². The van der Waals surface area contributed by atoms with E-state index in [0.29, 0.717) is 18.8 Å². The molecule has 0 bridgehead atoms. The number of fused-ring (bicyclic) bond motifs is 1. The molecule has 0 aliphatic carbocycles. The van der Waals surface area contributed by atoms with Gasteiger partial charge in [0.25, 0.3) is 5.56 Å². The average molecular weight is 428 g/mol. The largest absolute Gasteiger partial charge is 0.492 e. The second-order valence-electron chi connectivity index (χ2n) is 7.80. The molecule has 0 saturated heterocycles. The number of carbonyl (C=O) groups excluding carboxylic acids is 1. The number of benzene rings is 3. The van der Waals surface area contributed by atoms with Crippen LogP contribution in [-0.4, -0.2) is 28.8 Å². The molecular weight excluding hydrogens is 402 g/mol. The number of hydrogen-bond acceptors (Lipinski definition) is 4. The summed E-state index contributed by atoms with van der Waals surface area (Å²) in [6.07, 6.45) is 0. The van der Waals surface area contributed by atoms with E-state index in [1.165, 1.54) is 10.7 Å². The number of aryl methyl sites for hydroxylation is 2. The van der Waals surface area contributed by atoms with Gasteiger partial charge >= 0.3 is 0 Å². The van der Waals surface area contributed by atoms with Crippen LogP contribution in [0.5, 0.6) is 5.75 Å². The van der Waals surface area contributed by atoms with Gasteiger partial charge in [0, 0.05) is 11.6 Å². The van der Waals surface area contributed by atoms with Crippen molar-refractivity contribution in [1.29, 1.82) is 0 Å². The maximum atomic E-state index is 12.3. The van der Waals surface area contributed by atoms with Gasteiger partial charge in [0.1, 0.15) is 18.9 Å². The van der Waals surface area contributed by atoms with Crippen molar-refractivity contribution in [2.45, 2.75) is 20.4 Å².